The summed E-state index contributed by atoms with van der Waals surface area (Å²) in [5.74, 6) is -4.53. The Labute approximate surface area is 227 Å². The Morgan fingerprint density at radius 2 is 1.69 bits per heavy atom. The van der Waals surface area contributed by atoms with Crippen molar-refractivity contribution in [2.75, 3.05) is 12.0 Å². The van der Waals surface area contributed by atoms with E-state index in [0.717, 1.165) is 22.1 Å². The molecule has 0 saturated carbocycles. The first-order chi connectivity index (χ1) is 18.7. The standard InChI is InChI=1S/C29H21ClN2O7/c1-14-3-9-18-20-13-19(15-4-7-17(38-2)8-5-15)24-26(25(20)29(35)39-23(18)11-14)28(34)31(27(24)33)22-12-16(32(36)37)6-10-21(22)30/h3-13,19,24-26H,1-2H3/t19-,24+,25-,26+/m0/s1. The summed E-state index contributed by atoms with van der Waals surface area (Å²) in [6.07, 6.45) is 1.87. The average molecular weight is 545 g/mol. The minimum atomic E-state index is -1.10. The van der Waals surface area contributed by atoms with E-state index in [4.69, 9.17) is 21.1 Å². The van der Waals surface area contributed by atoms with Crippen molar-refractivity contribution in [1.29, 1.82) is 0 Å². The number of fused-ring (bicyclic) bond motifs is 5. The number of benzene rings is 3. The highest BCUT2D eigenvalue weighted by Crippen LogP contribution is 2.55. The number of nitrogens with zero attached hydrogens (tertiary/aromatic N) is 2. The smallest absolute Gasteiger partial charge is 0.319 e. The van der Waals surface area contributed by atoms with Crippen molar-refractivity contribution < 1.29 is 28.8 Å². The molecular formula is C29H21ClN2O7. The van der Waals surface area contributed by atoms with E-state index in [1.165, 1.54) is 12.1 Å². The molecular weight excluding hydrogens is 524 g/mol. The van der Waals surface area contributed by atoms with Gasteiger partial charge in [-0.1, -0.05) is 41.9 Å². The molecule has 196 valence electrons. The molecule has 2 amide bonds. The maximum Gasteiger partial charge on any atom is 0.319 e. The number of hydrogen-bond donors (Lipinski definition) is 0. The van der Waals surface area contributed by atoms with Crippen LogP contribution in [0.3, 0.4) is 0 Å². The van der Waals surface area contributed by atoms with E-state index in [1.807, 2.05) is 37.3 Å². The molecule has 1 saturated heterocycles. The zero-order chi connectivity index (χ0) is 27.6. The number of carbonyl (C=O) groups is 3. The molecule has 0 N–H and O–H groups in total. The second kappa shape index (κ2) is 9.06. The largest absolute Gasteiger partial charge is 0.497 e. The van der Waals surface area contributed by atoms with E-state index < -0.39 is 46.4 Å². The Hall–Kier alpha value is -4.50. The molecule has 9 nitrogen and oxygen atoms in total. The third kappa shape index (κ3) is 3.80. The quantitative estimate of drug-likeness (QED) is 0.148. The van der Waals surface area contributed by atoms with Gasteiger partial charge in [-0.05, 0) is 47.9 Å². The molecule has 39 heavy (non-hydrogen) atoms. The summed E-state index contributed by atoms with van der Waals surface area (Å²) in [5.41, 5.74) is 2.52. The maximum atomic E-state index is 14.0. The topological polar surface area (TPSA) is 116 Å². The molecule has 3 aliphatic rings. The van der Waals surface area contributed by atoms with Gasteiger partial charge in [0.2, 0.25) is 11.8 Å². The molecule has 3 aromatic rings. The Morgan fingerprint density at radius 1 is 0.974 bits per heavy atom. The van der Waals surface area contributed by atoms with Crippen molar-refractivity contribution in [3.8, 4) is 11.5 Å². The van der Waals surface area contributed by atoms with Crippen molar-refractivity contribution in [2.24, 2.45) is 17.8 Å². The Balaban J connectivity index is 1.55. The third-order valence-electron chi connectivity index (χ3n) is 7.63. The molecule has 2 heterocycles. The van der Waals surface area contributed by atoms with Gasteiger partial charge in [-0.25, -0.2) is 4.90 Å². The van der Waals surface area contributed by atoms with E-state index in [2.05, 4.69) is 0 Å². The van der Waals surface area contributed by atoms with Crippen LogP contribution in [-0.4, -0.2) is 29.8 Å². The number of nitro groups is 1. The number of ether oxygens (including phenoxy) is 2. The number of non-ortho nitro benzene ring substituents is 1. The molecule has 4 atom stereocenters. The lowest BCUT2D eigenvalue weighted by molar-refractivity contribution is -0.384. The second-order valence-electron chi connectivity index (χ2n) is 9.78. The summed E-state index contributed by atoms with van der Waals surface area (Å²) in [5, 5.41) is 11.5. The highest BCUT2D eigenvalue weighted by atomic mass is 35.5. The van der Waals surface area contributed by atoms with Crippen LogP contribution in [0.4, 0.5) is 11.4 Å². The van der Waals surface area contributed by atoms with Gasteiger partial charge in [0, 0.05) is 23.6 Å². The van der Waals surface area contributed by atoms with Gasteiger partial charge in [0.1, 0.15) is 11.5 Å². The van der Waals surface area contributed by atoms with Gasteiger partial charge < -0.3 is 9.47 Å². The first-order valence-corrected chi connectivity index (χ1v) is 12.6. The number of allylic oxidation sites excluding steroid dienone is 1. The highest BCUT2D eigenvalue weighted by molar-refractivity contribution is 6.36. The van der Waals surface area contributed by atoms with Crippen molar-refractivity contribution in [2.45, 2.75) is 12.8 Å². The number of halogens is 1. The van der Waals surface area contributed by atoms with Crippen LogP contribution in [0, 0.1) is 34.8 Å². The number of imide groups is 1. The number of hydrogen-bond acceptors (Lipinski definition) is 7. The van der Waals surface area contributed by atoms with Crippen LogP contribution in [0.5, 0.6) is 11.5 Å². The van der Waals surface area contributed by atoms with E-state index in [1.54, 1.807) is 25.3 Å². The lowest BCUT2D eigenvalue weighted by atomic mass is 9.64. The predicted octanol–water partition coefficient (Wildman–Crippen LogP) is 5.09. The second-order valence-corrected chi connectivity index (χ2v) is 10.2. The number of esters is 1. The van der Waals surface area contributed by atoms with E-state index >= 15 is 0 Å². The molecule has 2 aliphatic heterocycles. The molecule has 3 aromatic carbocycles. The Bertz CT molecular complexity index is 1610. The number of aryl methyl sites for hydroxylation is 1. The Kier molecular flexibility index (Phi) is 5.76. The number of nitro benzene ring substituents is 1. The van der Waals surface area contributed by atoms with Gasteiger partial charge in [-0.2, -0.15) is 0 Å². The molecule has 1 fully saturated rings. The Morgan fingerprint density at radius 3 is 2.38 bits per heavy atom. The van der Waals surface area contributed by atoms with Gasteiger partial charge in [-0.15, -0.1) is 0 Å². The fraction of sp³-hybridized carbons (Fsp3) is 0.207. The average Bonchev–Trinajstić information content (AvgIpc) is 3.18. The van der Waals surface area contributed by atoms with Gasteiger partial charge in [-0.3, -0.25) is 24.5 Å². The molecule has 0 spiro atoms. The van der Waals surface area contributed by atoms with Crippen molar-refractivity contribution in [3.63, 3.8) is 0 Å². The van der Waals surface area contributed by atoms with Crippen LogP contribution < -0.4 is 14.4 Å². The molecule has 10 heteroatoms. The SMILES string of the molecule is COc1ccc([C@@H]2C=C3c4ccc(C)cc4OC(=O)[C@@H]3[C@@H]3C(=O)N(c4cc([N+](=O)[O-])ccc4Cl)C(=O)[C@@H]32)cc1. The summed E-state index contributed by atoms with van der Waals surface area (Å²) in [7, 11) is 1.55. The number of amides is 2. The van der Waals surface area contributed by atoms with Crippen LogP contribution in [0.1, 0.15) is 22.6 Å². The maximum absolute atomic E-state index is 14.0. The molecule has 0 radical (unpaired) electrons. The van der Waals surface area contributed by atoms with Crippen LogP contribution in [0.25, 0.3) is 5.57 Å². The minimum absolute atomic E-state index is 0.00201. The normalized spacial score (nSPS) is 23.4. The van der Waals surface area contributed by atoms with Crippen LogP contribution in [-0.2, 0) is 14.4 Å². The van der Waals surface area contributed by atoms with Crippen molar-refractivity contribution >= 4 is 46.3 Å². The molecule has 0 unspecified atom stereocenters. The summed E-state index contributed by atoms with van der Waals surface area (Å²) in [6.45, 7) is 1.88. The summed E-state index contributed by atoms with van der Waals surface area (Å²) in [6, 6.07) is 16.2. The van der Waals surface area contributed by atoms with Gasteiger partial charge in [0.15, 0.2) is 0 Å². The lowest BCUT2D eigenvalue weighted by Gasteiger charge is -2.38. The van der Waals surface area contributed by atoms with Crippen LogP contribution in [0.2, 0.25) is 5.02 Å². The van der Waals surface area contributed by atoms with Crippen molar-refractivity contribution in [1.82, 2.24) is 0 Å². The molecule has 0 aromatic heterocycles. The fourth-order valence-corrected chi connectivity index (χ4v) is 6.05. The van der Waals surface area contributed by atoms with Crippen LogP contribution >= 0.6 is 11.6 Å². The zero-order valence-corrected chi connectivity index (χ0v) is 21.5. The first-order valence-electron chi connectivity index (χ1n) is 12.2. The third-order valence-corrected chi connectivity index (χ3v) is 7.95. The van der Waals surface area contributed by atoms with E-state index in [0.29, 0.717) is 22.6 Å². The summed E-state index contributed by atoms with van der Waals surface area (Å²) < 4.78 is 10.9. The number of anilines is 1. The number of methoxy groups -OCH3 is 1. The molecule has 1 aliphatic carbocycles. The zero-order valence-electron chi connectivity index (χ0n) is 20.8. The highest BCUT2D eigenvalue weighted by Gasteiger charge is 2.60. The fourth-order valence-electron chi connectivity index (χ4n) is 5.84. The van der Waals surface area contributed by atoms with Crippen molar-refractivity contribution in [3.05, 3.63) is 98.6 Å². The monoisotopic (exact) mass is 544 g/mol. The molecule has 6 rings (SSSR count). The van der Waals surface area contributed by atoms with E-state index in [9.17, 15) is 24.5 Å². The van der Waals surface area contributed by atoms with Gasteiger partial charge in [0.25, 0.3) is 5.69 Å². The first kappa shape index (κ1) is 24.8. The van der Waals surface area contributed by atoms with Gasteiger partial charge >= 0.3 is 5.97 Å². The minimum Gasteiger partial charge on any atom is -0.497 e. The van der Waals surface area contributed by atoms with E-state index in [-0.39, 0.29) is 16.4 Å². The summed E-state index contributed by atoms with van der Waals surface area (Å²) >= 11 is 6.36. The van der Waals surface area contributed by atoms with Crippen LogP contribution in [0.15, 0.2) is 66.7 Å². The summed E-state index contributed by atoms with van der Waals surface area (Å²) in [4.78, 5) is 53.2. The molecule has 0 bridgehead atoms. The number of carbonyl (C=O) groups excluding carboxylic acids is 3. The predicted molar refractivity (Wildman–Crippen MR) is 142 cm³/mol. The number of rotatable bonds is 4. The van der Waals surface area contributed by atoms with Gasteiger partial charge in [0.05, 0.1) is 40.5 Å². The lowest BCUT2D eigenvalue weighted by Crippen LogP contribution is -2.42.